The highest BCUT2D eigenvalue weighted by Crippen LogP contribution is 2.22. The van der Waals surface area contributed by atoms with Crippen LogP contribution in [0.3, 0.4) is 0 Å². The second-order valence-corrected chi connectivity index (χ2v) is 5.60. The smallest absolute Gasteiger partial charge is 0.291 e. The van der Waals surface area contributed by atoms with Gasteiger partial charge in [0, 0.05) is 0 Å². The highest BCUT2D eigenvalue weighted by Gasteiger charge is 2.12. The standard InChI is InChI=1S/C12H12N2O4S/c1-19(16,17)14-10-6-3-2-5-9(10)13-12(15)11-7-4-8-18-11/h2-8,14H,1H3,(H,13,15). The number of hydrogen-bond acceptors (Lipinski definition) is 4. The van der Waals surface area contributed by atoms with Crippen molar-refractivity contribution in [3.63, 3.8) is 0 Å². The van der Waals surface area contributed by atoms with E-state index in [-0.39, 0.29) is 5.76 Å². The molecular weight excluding hydrogens is 268 g/mol. The summed E-state index contributed by atoms with van der Waals surface area (Å²) in [7, 11) is -3.41. The monoisotopic (exact) mass is 280 g/mol. The van der Waals surface area contributed by atoms with E-state index in [1.165, 1.54) is 12.3 Å². The minimum absolute atomic E-state index is 0.147. The van der Waals surface area contributed by atoms with Crippen LogP contribution in [0.15, 0.2) is 47.1 Å². The summed E-state index contributed by atoms with van der Waals surface area (Å²) in [5.41, 5.74) is 0.652. The van der Waals surface area contributed by atoms with Crippen LogP contribution in [0.4, 0.5) is 11.4 Å². The van der Waals surface area contributed by atoms with Gasteiger partial charge in [0.1, 0.15) is 0 Å². The summed E-state index contributed by atoms with van der Waals surface area (Å²) in [6.07, 6.45) is 2.42. The Bertz CT molecular complexity index is 678. The van der Waals surface area contributed by atoms with E-state index >= 15 is 0 Å². The third-order valence-corrected chi connectivity index (χ3v) is 2.81. The summed E-state index contributed by atoms with van der Waals surface area (Å²) in [5, 5.41) is 2.58. The molecule has 0 fully saturated rings. The van der Waals surface area contributed by atoms with Gasteiger partial charge in [0.2, 0.25) is 10.0 Å². The Morgan fingerprint density at radius 3 is 2.37 bits per heavy atom. The third kappa shape index (κ3) is 3.59. The largest absolute Gasteiger partial charge is 0.459 e. The molecular formula is C12H12N2O4S. The number of carbonyl (C=O) groups excluding carboxylic acids is 1. The highest BCUT2D eigenvalue weighted by molar-refractivity contribution is 7.92. The maximum atomic E-state index is 11.8. The van der Waals surface area contributed by atoms with Crippen LogP contribution in [0.5, 0.6) is 0 Å². The maximum Gasteiger partial charge on any atom is 0.291 e. The Morgan fingerprint density at radius 1 is 1.11 bits per heavy atom. The first-order valence-electron chi connectivity index (χ1n) is 5.37. The highest BCUT2D eigenvalue weighted by atomic mass is 32.2. The number of hydrogen-bond donors (Lipinski definition) is 2. The van der Waals surface area contributed by atoms with Gasteiger partial charge in [-0.3, -0.25) is 9.52 Å². The van der Waals surface area contributed by atoms with E-state index in [9.17, 15) is 13.2 Å². The Labute approximate surface area is 110 Å². The lowest BCUT2D eigenvalue weighted by Crippen LogP contribution is -2.15. The first-order valence-corrected chi connectivity index (χ1v) is 7.26. The van der Waals surface area contributed by atoms with Crippen LogP contribution in [0.1, 0.15) is 10.6 Å². The zero-order valence-corrected chi connectivity index (χ0v) is 10.9. The van der Waals surface area contributed by atoms with Gasteiger partial charge in [-0.1, -0.05) is 12.1 Å². The normalized spacial score (nSPS) is 11.0. The summed E-state index contributed by atoms with van der Waals surface area (Å²) in [6.45, 7) is 0. The van der Waals surface area contributed by atoms with Gasteiger partial charge in [-0.05, 0) is 24.3 Å². The molecule has 7 heteroatoms. The molecule has 1 heterocycles. The molecule has 0 saturated heterocycles. The number of carbonyl (C=O) groups is 1. The molecule has 0 spiro atoms. The summed E-state index contributed by atoms with van der Waals surface area (Å²) >= 11 is 0. The molecule has 0 atom stereocenters. The van der Waals surface area contributed by atoms with Crippen molar-refractivity contribution in [3.8, 4) is 0 Å². The lowest BCUT2D eigenvalue weighted by molar-refractivity contribution is 0.0996. The van der Waals surface area contributed by atoms with Gasteiger partial charge in [-0.25, -0.2) is 8.42 Å². The van der Waals surface area contributed by atoms with Crippen molar-refractivity contribution in [2.75, 3.05) is 16.3 Å². The minimum atomic E-state index is -3.41. The molecule has 6 nitrogen and oxygen atoms in total. The number of furan rings is 1. The van der Waals surface area contributed by atoms with Crippen molar-refractivity contribution in [1.29, 1.82) is 0 Å². The molecule has 0 radical (unpaired) electrons. The van der Waals surface area contributed by atoms with Gasteiger partial charge >= 0.3 is 0 Å². The molecule has 0 aliphatic heterocycles. The molecule has 2 N–H and O–H groups in total. The van der Waals surface area contributed by atoms with Crippen LogP contribution in [0.2, 0.25) is 0 Å². The van der Waals surface area contributed by atoms with E-state index in [0.29, 0.717) is 11.4 Å². The summed E-state index contributed by atoms with van der Waals surface area (Å²) < 4.78 is 29.7. The number of rotatable bonds is 4. The minimum Gasteiger partial charge on any atom is -0.459 e. The summed E-state index contributed by atoms with van der Waals surface area (Å²) in [6, 6.07) is 9.60. The number of nitrogens with one attached hydrogen (secondary N) is 2. The van der Waals surface area contributed by atoms with Crippen molar-refractivity contribution >= 4 is 27.3 Å². The van der Waals surface area contributed by atoms with Gasteiger partial charge in [-0.2, -0.15) is 0 Å². The van der Waals surface area contributed by atoms with Crippen molar-refractivity contribution < 1.29 is 17.6 Å². The number of amides is 1. The number of sulfonamides is 1. The molecule has 100 valence electrons. The fourth-order valence-electron chi connectivity index (χ4n) is 1.47. The van der Waals surface area contributed by atoms with E-state index < -0.39 is 15.9 Å². The van der Waals surface area contributed by atoms with Gasteiger partial charge in [0.05, 0.1) is 23.9 Å². The van der Waals surface area contributed by atoms with Crippen LogP contribution >= 0.6 is 0 Å². The molecule has 2 rings (SSSR count). The van der Waals surface area contributed by atoms with E-state index in [4.69, 9.17) is 4.42 Å². The molecule has 1 aromatic heterocycles. The summed E-state index contributed by atoms with van der Waals surface area (Å²) in [4.78, 5) is 11.8. The molecule has 0 aliphatic rings. The second kappa shape index (κ2) is 5.15. The average molecular weight is 280 g/mol. The Kier molecular flexibility index (Phi) is 3.57. The topological polar surface area (TPSA) is 88.4 Å². The first-order chi connectivity index (χ1) is 8.96. The van der Waals surface area contributed by atoms with Gasteiger partial charge < -0.3 is 9.73 Å². The summed E-state index contributed by atoms with van der Waals surface area (Å²) in [5.74, 6) is -0.304. The zero-order valence-electron chi connectivity index (χ0n) is 10.1. The molecule has 2 aromatic rings. The Hall–Kier alpha value is -2.28. The van der Waals surface area contributed by atoms with Crippen LogP contribution < -0.4 is 10.0 Å². The Balaban J connectivity index is 2.23. The van der Waals surface area contributed by atoms with Crippen LogP contribution in [-0.2, 0) is 10.0 Å². The van der Waals surface area contributed by atoms with Crippen molar-refractivity contribution in [3.05, 3.63) is 48.4 Å². The van der Waals surface area contributed by atoms with E-state index in [0.717, 1.165) is 6.26 Å². The fourth-order valence-corrected chi connectivity index (χ4v) is 2.05. The number of anilines is 2. The SMILES string of the molecule is CS(=O)(=O)Nc1ccccc1NC(=O)c1ccco1. The van der Waals surface area contributed by atoms with Crippen molar-refractivity contribution in [2.45, 2.75) is 0 Å². The van der Waals surface area contributed by atoms with Crippen LogP contribution in [0, 0.1) is 0 Å². The average Bonchev–Trinajstić information content (AvgIpc) is 2.83. The van der Waals surface area contributed by atoms with Gasteiger partial charge in [0.25, 0.3) is 5.91 Å². The zero-order chi connectivity index (χ0) is 13.9. The molecule has 1 aromatic carbocycles. The van der Waals surface area contributed by atoms with Gasteiger partial charge in [0.15, 0.2) is 5.76 Å². The first kappa shape index (κ1) is 13.2. The Morgan fingerprint density at radius 2 is 1.79 bits per heavy atom. The van der Waals surface area contributed by atoms with Crippen LogP contribution in [0.25, 0.3) is 0 Å². The third-order valence-electron chi connectivity index (χ3n) is 2.22. The van der Waals surface area contributed by atoms with Crippen molar-refractivity contribution in [1.82, 2.24) is 0 Å². The van der Waals surface area contributed by atoms with Crippen LogP contribution in [-0.4, -0.2) is 20.6 Å². The maximum absolute atomic E-state index is 11.8. The predicted molar refractivity (Wildman–Crippen MR) is 71.6 cm³/mol. The second-order valence-electron chi connectivity index (χ2n) is 3.85. The molecule has 0 bridgehead atoms. The fraction of sp³-hybridized carbons (Fsp3) is 0.0833. The van der Waals surface area contributed by atoms with Gasteiger partial charge in [-0.15, -0.1) is 0 Å². The molecule has 0 saturated carbocycles. The molecule has 19 heavy (non-hydrogen) atoms. The van der Waals surface area contributed by atoms with E-state index in [2.05, 4.69) is 10.0 Å². The lowest BCUT2D eigenvalue weighted by Gasteiger charge is -2.10. The molecule has 1 amide bonds. The molecule has 0 aliphatic carbocycles. The number of para-hydroxylation sites is 2. The van der Waals surface area contributed by atoms with Crippen molar-refractivity contribution in [2.24, 2.45) is 0 Å². The quantitative estimate of drug-likeness (QED) is 0.895. The number of benzene rings is 1. The molecule has 0 unspecified atom stereocenters. The lowest BCUT2D eigenvalue weighted by atomic mass is 10.2. The predicted octanol–water partition coefficient (Wildman–Crippen LogP) is 1.90. The van der Waals surface area contributed by atoms with E-state index in [1.807, 2.05) is 0 Å². The van der Waals surface area contributed by atoms with E-state index in [1.54, 1.807) is 30.3 Å².